The smallest absolute Gasteiger partial charge is 0.162 e. The van der Waals surface area contributed by atoms with E-state index in [1.807, 2.05) is 48.5 Å². The molecule has 1 fully saturated rings. The summed E-state index contributed by atoms with van der Waals surface area (Å²) in [7, 11) is 3.25. The van der Waals surface area contributed by atoms with Crippen LogP contribution in [0.1, 0.15) is 36.8 Å². The van der Waals surface area contributed by atoms with E-state index in [9.17, 15) is 5.26 Å². The molecule has 2 aromatic rings. The highest BCUT2D eigenvalue weighted by Crippen LogP contribution is 2.34. The Morgan fingerprint density at radius 2 is 1.73 bits per heavy atom. The van der Waals surface area contributed by atoms with Crippen LogP contribution in [0.25, 0.3) is 11.6 Å². The molecular weight excluding hydrogens is 326 g/mol. The highest BCUT2D eigenvalue weighted by molar-refractivity contribution is 5.91. The Labute approximate surface area is 154 Å². The van der Waals surface area contributed by atoms with Crippen molar-refractivity contribution in [2.45, 2.75) is 31.8 Å². The fourth-order valence-electron chi connectivity index (χ4n) is 3.27. The topological polar surface area (TPSA) is 51.5 Å². The molecule has 0 amide bonds. The molecule has 134 valence electrons. The van der Waals surface area contributed by atoms with E-state index >= 15 is 0 Å². The summed E-state index contributed by atoms with van der Waals surface area (Å²) in [6.07, 6.45) is 6.66. The van der Waals surface area contributed by atoms with Gasteiger partial charge in [-0.3, -0.25) is 0 Å². The van der Waals surface area contributed by atoms with Gasteiger partial charge in [-0.05, 0) is 61.6 Å². The molecule has 0 spiro atoms. The first-order valence-electron chi connectivity index (χ1n) is 8.85. The van der Waals surface area contributed by atoms with Crippen LogP contribution in [0.4, 0.5) is 0 Å². The number of nitriles is 1. The molecule has 0 N–H and O–H groups in total. The summed E-state index contributed by atoms with van der Waals surface area (Å²) < 4.78 is 17.0. The van der Waals surface area contributed by atoms with Gasteiger partial charge in [-0.2, -0.15) is 5.26 Å². The lowest BCUT2D eigenvalue weighted by Gasteiger charge is -2.16. The van der Waals surface area contributed by atoms with Gasteiger partial charge < -0.3 is 14.2 Å². The summed E-state index contributed by atoms with van der Waals surface area (Å²) in [5.74, 6) is 2.12. The van der Waals surface area contributed by atoms with Gasteiger partial charge in [0.2, 0.25) is 0 Å². The molecule has 0 atom stereocenters. The van der Waals surface area contributed by atoms with Crippen LogP contribution in [-0.2, 0) is 0 Å². The van der Waals surface area contributed by atoms with Crippen LogP contribution < -0.4 is 14.2 Å². The molecule has 4 nitrogen and oxygen atoms in total. The van der Waals surface area contributed by atoms with Crippen LogP contribution in [0, 0.1) is 11.3 Å². The van der Waals surface area contributed by atoms with Crippen LogP contribution in [0.3, 0.4) is 0 Å². The van der Waals surface area contributed by atoms with Crippen molar-refractivity contribution in [3.05, 3.63) is 53.6 Å². The Morgan fingerprint density at radius 3 is 2.42 bits per heavy atom. The standard InChI is InChI=1S/C22H23NO3/c1-24-20-10-6-5-9-19(20)17(15-23)13-16-11-12-21(25-2)22(14-16)26-18-7-3-4-8-18/h5-6,9-14,18H,3-4,7-8H2,1-2H3/b17-13+. The molecule has 1 saturated carbocycles. The molecule has 0 heterocycles. The number of nitrogens with zero attached hydrogens (tertiary/aromatic N) is 1. The van der Waals surface area contributed by atoms with Crippen LogP contribution in [-0.4, -0.2) is 20.3 Å². The number of hydrogen-bond donors (Lipinski definition) is 0. The second-order valence-electron chi connectivity index (χ2n) is 6.30. The Morgan fingerprint density at radius 1 is 1.00 bits per heavy atom. The predicted octanol–water partition coefficient (Wildman–Crippen LogP) is 5.09. The fraction of sp³-hybridized carbons (Fsp3) is 0.318. The van der Waals surface area contributed by atoms with Crippen LogP contribution in [0.15, 0.2) is 42.5 Å². The zero-order valence-corrected chi connectivity index (χ0v) is 15.2. The Kier molecular flexibility index (Phi) is 5.80. The normalized spacial score (nSPS) is 14.7. The molecule has 1 aliphatic carbocycles. The highest BCUT2D eigenvalue weighted by atomic mass is 16.5. The van der Waals surface area contributed by atoms with Gasteiger partial charge in [0.15, 0.2) is 11.5 Å². The van der Waals surface area contributed by atoms with Crippen LogP contribution >= 0.6 is 0 Å². The fourth-order valence-corrected chi connectivity index (χ4v) is 3.27. The minimum Gasteiger partial charge on any atom is -0.496 e. The van der Waals surface area contributed by atoms with Crippen molar-refractivity contribution in [1.29, 1.82) is 5.26 Å². The first kappa shape index (κ1) is 17.9. The van der Waals surface area contributed by atoms with E-state index in [4.69, 9.17) is 14.2 Å². The van der Waals surface area contributed by atoms with Crippen molar-refractivity contribution in [2.24, 2.45) is 0 Å². The minimum absolute atomic E-state index is 0.243. The van der Waals surface area contributed by atoms with Crippen molar-refractivity contribution in [3.63, 3.8) is 0 Å². The highest BCUT2D eigenvalue weighted by Gasteiger charge is 2.18. The van der Waals surface area contributed by atoms with Gasteiger partial charge in [0.1, 0.15) is 5.75 Å². The van der Waals surface area contributed by atoms with Crippen molar-refractivity contribution in [3.8, 4) is 23.3 Å². The van der Waals surface area contributed by atoms with E-state index in [0.717, 1.165) is 29.7 Å². The molecule has 4 heteroatoms. The number of allylic oxidation sites excluding steroid dienone is 1. The SMILES string of the molecule is COc1ccc(/C=C(\C#N)c2ccccc2OC)cc1OC1CCCC1. The van der Waals surface area contributed by atoms with Crippen molar-refractivity contribution < 1.29 is 14.2 Å². The number of methoxy groups -OCH3 is 2. The quantitative estimate of drug-likeness (QED) is 0.538. The van der Waals surface area contributed by atoms with Crippen LogP contribution in [0.2, 0.25) is 0 Å². The van der Waals surface area contributed by atoms with E-state index < -0.39 is 0 Å². The zero-order valence-electron chi connectivity index (χ0n) is 15.2. The van der Waals surface area contributed by atoms with Crippen LogP contribution in [0.5, 0.6) is 17.2 Å². The van der Waals surface area contributed by atoms with Gasteiger partial charge in [0, 0.05) is 5.56 Å². The molecule has 0 aliphatic heterocycles. The van der Waals surface area contributed by atoms with E-state index in [1.165, 1.54) is 12.8 Å². The third-order valence-corrected chi connectivity index (χ3v) is 4.61. The Hall–Kier alpha value is -2.93. The maximum atomic E-state index is 9.63. The Balaban J connectivity index is 1.94. The summed E-state index contributed by atoms with van der Waals surface area (Å²) in [6, 6.07) is 15.5. The molecule has 0 unspecified atom stereocenters. The van der Waals surface area contributed by atoms with Gasteiger partial charge in [-0.15, -0.1) is 0 Å². The van der Waals surface area contributed by atoms with Gasteiger partial charge in [0.25, 0.3) is 0 Å². The van der Waals surface area contributed by atoms with Crippen molar-refractivity contribution >= 4 is 11.6 Å². The number of para-hydroxylation sites is 1. The van der Waals surface area contributed by atoms with E-state index in [2.05, 4.69) is 6.07 Å². The molecule has 0 saturated heterocycles. The second-order valence-corrected chi connectivity index (χ2v) is 6.30. The predicted molar refractivity (Wildman–Crippen MR) is 102 cm³/mol. The molecule has 0 radical (unpaired) electrons. The number of rotatable bonds is 6. The molecule has 26 heavy (non-hydrogen) atoms. The minimum atomic E-state index is 0.243. The molecule has 1 aliphatic rings. The molecule has 2 aromatic carbocycles. The maximum Gasteiger partial charge on any atom is 0.162 e. The Bertz CT molecular complexity index is 830. The number of benzene rings is 2. The lowest BCUT2D eigenvalue weighted by molar-refractivity contribution is 0.201. The van der Waals surface area contributed by atoms with Gasteiger partial charge in [-0.1, -0.05) is 18.2 Å². The van der Waals surface area contributed by atoms with Gasteiger partial charge in [0.05, 0.1) is 32.0 Å². The largest absolute Gasteiger partial charge is 0.496 e. The number of hydrogen-bond acceptors (Lipinski definition) is 4. The summed E-state index contributed by atoms with van der Waals surface area (Å²) in [4.78, 5) is 0. The van der Waals surface area contributed by atoms with E-state index in [1.54, 1.807) is 14.2 Å². The third-order valence-electron chi connectivity index (χ3n) is 4.61. The number of ether oxygens (including phenoxy) is 3. The summed E-state index contributed by atoms with van der Waals surface area (Å²) in [5, 5.41) is 9.63. The summed E-state index contributed by atoms with van der Waals surface area (Å²) in [5.41, 5.74) is 2.20. The van der Waals surface area contributed by atoms with Gasteiger partial charge >= 0.3 is 0 Å². The summed E-state index contributed by atoms with van der Waals surface area (Å²) >= 11 is 0. The molecular formula is C22H23NO3. The maximum absolute atomic E-state index is 9.63. The first-order valence-corrected chi connectivity index (χ1v) is 8.85. The van der Waals surface area contributed by atoms with E-state index in [-0.39, 0.29) is 6.10 Å². The van der Waals surface area contributed by atoms with Crippen molar-refractivity contribution in [1.82, 2.24) is 0 Å². The molecule has 3 rings (SSSR count). The van der Waals surface area contributed by atoms with Crippen molar-refractivity contribution in [2.75, 3.05) is 14.2 Å². The summed E-state index contributed by atoms with van der Waals surface area (Å²) in [6.45, 7) is 0. The third kappa shape index (κ3) is 4.00. The average molecular weight is 349 g/mol. The van der Waals surface area contributed by atoms with Gasteiger partial charge in [-0.25, -0.2) is 0 Å². The lowest BCUT2D eigenvalue weighted by atomic mass is 10.0. The average Bonchev–Trinajstić information content (AvgIpc) is 3.19. The monoisotopic (exact) mass is 349 g/mol. The van der Waals surface area contributed by atoms with E-state index in [0.29, 0.717) is 17.1 Å². The molecule has 0 bridgehead atoms. The molecule has 0 aromatic heterocycles. The lowest BCUT2D eigenvalue weighted by Crippen LogP contribution is -2.11. The second kappa shape index (κ2) is 8.44. The zero-order chi connectivity index (χ0) is 18.4. The first-order chi connectivity index (χ1) is 12.7.